The van der Waals surface area contributed by atoms with Crippen LogP contribution in [0.4, 0.5) is 5.69 Å². The summed E-state index contributed by atoms with van der Waals surface area (Å²) in [6.45, 7) is 2.09. The van der Waals surface area contributed by atoms with Gasteiger partial charge < -0.3 is 4.74 Å². The summed E-state index contributed by atoms with van der Waals surface area (Å²) in [7, 11) is -3.31. The van der Waals surface area contributed by atoms with Crippen LogP contribution in [0.3, 0.4) is 0 Å². The fourth-order valence-corrected chi connectivity index (χ4v) is 2.54. The van der Waals surface area contributed by atoms with Gasteiger partial charge in [-0.1, -0.05) is 24.3 Å². The summed E-state index contributed by atoms with van der Waals surface area (Å²) in [5.41, 5.74) is 2.71. The summed E-state index contributed by atoms with van der Waals surface area (Å²) < 4.78 is 29.9. The second kappa shape index (κ2) is 6.62. The zero-order valence-electron chi connectivity index (χ0n) is 12.4. The van der Waals surface area contributed by atoms with Gasteiger partial charge in [0.15, 0.2) is 0 Å². The van der Waals surface area contributed by atoms with Crippen molar-refractivity contribution in [3.8, 4) is 11.1 Å². The first-order valence-electron chi connectivity index (χ1n) is 6.74. The molecule has 0 saturated heterocycles. The number of anilines is 1. The van der Waals surface area contributed by atoms with Crippen LogP contribution in [0.5, 0.6) is 0 Å². The van der Waals surface area contributed by atoms with E-state index in [9.17, 15) is 13.2 Å². The van der Waals surface area contributed by atoms with Crippen LogP contribution in [0.1, 0.15) is 17.3 Å². The summed E-state index contributed by atoms with van der Waals surface area (Å²) in [6.07, 6.45) is 1.10. The second-order valence-electron chi connectivity index (χ2n) is 4.75. The van der Waals surface area contributed by atoms with Crippen molar-refractivity contribution in [1.29, 1.82) is 0 Å². The standard InChI is InChI=1S/C16H17NO4S/c1-3-21-16(18)13-9-7-12(8-10-13)14-5-4-6-15(11-14)17-22(2,19)20/h4-11,17H,3H2,1-2H3. The fourth-order valence-electron chi connectivity index (χ4n) is 1.99. The highest BCUT2D eigenvalue weighted by molar-refractivity contribution is 7.92. The Labute approximate surface area is 130 Å². The minimum atomic E-state index is -3.31. The highest BCUT2D eigenvalue weighted by Gasteiger charge is 2.07. The van der Waals surface area contributed by atoms with Crippen LogP contribution < -0.4 is 4.72 Å². The quantitative estimate of drug-likeness (QED) is 0.860. The predicted molar refractivity (Wildman–Crippen MR) is 86.3 cm³/mol. The van der Waals surface area contributed by atoms with E-state index in [1.807, 2.05) is 6.07 Å². The average molecular weight is 319 g/mol. The Kier molecular flexibility index (Phi) is 4.82. The summed E-state index contributed by atoms with van der Waals surface area (Å²) in [5, 5.41) is 0. The average Bonchev–Trinajstić information content (AvgIpc) is 2.46. The Morgan fingerprint density at radius 2 is 1.77 bits per heavy atom. The van der Waals surface area contributed by atoms with Crippen LogP contribution in [0.25, 0.3) is 11.1 Å². The number of esters is 1. The lowest BCUT2D eigenvalue weighted by atomic mass is 10.0. The molecule has 5 nitrogen and oxygen atoms in total. The summed E-state index contributed by atoms with van der Waals surface area (Å²) in [4.78, 5) is 11.6. The van der Waals surface area contributed by atoms with Crippen molar-refractivity contribution in [3.05, 3.63) is 54.1 Å². The molecule has 0 bridgehead atoms. The molecule has 1 N–H and O–H groups in total. The molecule has 0 unspecified atom stereocenters. The highest BCUT2D eigenvalue weighted by Crippen LogP contribution is 2.23. The molecule has 2 aromatic rings. The molecule has 2 aromatic carbocycles. The first-order chi connectivity index (χ1) is 10.4. The first-order valence-corrected chi connectivity index (χ1v) is 8.63. The number of carbonyl (C=O) groups excluding carboxylic acids is 1. The molecule has 0 heterocycles. The number of hydrogen-bond acceptors (Lipinski definition) is 4. The zero-order chi connectivity index (χ0) is 16.2. The maximum absolute atomic E-state index is 11.6. The Morgan fingerprint density at radius 1 is 1.09 bits per heavy atom. The van der Waals surface area contributed by atoms with Crippen molar-refractivity contribution < 1.29 is 17.9 Å². The molecule has 0 atom stereocenters. The fraction of sp³-hybridized carbons (Fsp3) is 0.188. The predicted octanol–water partition coefficient (Wildman–Crippen LogP) is 2.90. The molecule has 6 heteroatoms. The van der Waals surface area contributed by atoms with Gasteiger partial charge in [0.05, 0.1) is 18.4 Å². The van der Waals surface area contributed by atoms with E-state index in [1.54, 1.807) is 49.4 Å². The van der Waals surface area contributed by atoms with Gasteiger partial charge >= 0.3 is 5.97 Å². The molecular weight excluding hydrogens is 302 g/mol. The number of hydrogen-bond donors (Lipinski definition) is 1. The molecule has 116 valence electrons. The van der Waals surface area contributed by atoms with Crippen molar-refractivity contribution in [2.45, 2.75) is 6.92 Å². The lowest BCUT2D eigenvalue weighted by molar-refractivity contribution is 0.0526. The maximum Gasteiger partial charge on any atom is 0.338 e. The molecule has 0 aliphatic heterocycles. The monoisotopic (exact) mass is 319 g/mol. The molecule has 0 radical (unpaired) electrons. The van der Waals surface area contributed by atoms with E-state index in [-0.39, 0.29) is 5.97 Å². The molecule has 0 aliphatic carbocycles. The Balaban J connectivity index is 2.25. The zero-order valence-corrected chi connectivity index (χ0v) is 13.2. The molecule has 0 spiro atoms. The van der Waals surface area contributed by atoms with Crippen LogP contribution in [-0.2, 0) is 14.8 Å². The Morgan fingerprint density at radius 3 is 2.36 bits per heavy atom. The second-order valence-corrected chi connectivity index (χ2v) is 6.50. The van der Waals surface area contributed by atoms with E-state index in [4.69, 9.17) is 4.74 Å². The maximum atomic E-state index is 11.6. The lowest BCUT2D eigenvalue weighted by Gasteiger charge is -2.08. The normalized spacial score (nSPS) is 11.0. The SMILES string of the molecule is CCOC(=O)c1ccc(-c2cccc(NS(C)(=O)=O)c2)cc1. The minimum absolute atomic E-state index is 0.333. The molecule has 0 fully saturated rings. The first kappa shape index (κ1) is 16.0. The van der Waals surface area contributed by atoms with Gasteiger partial charge in [0.2, 0.25) is 10.0 Å². The molecule has 0 amide bonds. The van der Waals surface area contributed by atoms with E-state index >= 15 is 0 Å². The number of ether oxygens (including phenoxy) is 1. The molecule has 2 rings (SSSR count). The molecular formula is C16H17NO4S. The molecule has 0 aromatic heterocycles. The van der Waals surface area contributed by atoms with Crippen molar-refractivity contribution >= 4 is 21.7 Å². The van der Waals surface area contributed by atoms with Gasteiger partial charge in [0, 0.05) is 5.69 Å². The van der Waals surface area contributed by atoms with Gasteiger partial charge in [0.25, 0.3) is 0 Å². The van der Waals surface area contributed by atoms with Gasteiger partial charge in [-0.25, -0.2) is 13.2 Å². The van der Waals surface area contributed by atoms with E-state index in [2.05, 4.69) is 4.72 Å². The summed E-state index contributed by atoms with van der Waals surface area (Å²) in [6, 6.07) is 14.0. The van der Waals surface area contributed by atoms with E-state index in [0.29, 0.717) is 17.9 Å². The van der Waals surface area contributed by atoms with Crippen LogP contribution in [0, 0.1) is 0 Å². The number of benzene rings is 2. The van der Waals surface area contributed by atoms with Gasteiger partial charge in [0.1, 0.15) is 0 Å². The third kappa shape index (κ3) is 4.33. The van der Waals surface area contributed by atoms with Gasteiger partial charge in [-0.2, -0.15) is 0 Å². The van der Waals surface area contributed by atoms with Crippen molar-refractivity contribution in [2.75, 3.05) is 17.6 Å². The molecule has 0 aliphatic rings. The number of nitrogens with one attached hydrogen (secondary N) is 1. The smallest absolute Gasteiger partial charge is 0.338 e. The van der Waals surface area contributed by atoms with E-state index in [1.165, 1.54) is 0 Å². The van der Waals surface area contributed by atoms with E-state index < -0.39 is 10.0 Å². The van der Waals surface area contributed by atoms with Crippen molar-refractivity contribution in [1.82, 2.24) is 0 Å². The van der Waals surface area contributed by atoms with Gasteiger partial charge in [-0.05, 0) is 42.3 Å². The minimum Gasteiger partial charge on any atom is -0.462 e. The van der Waals surface area contributed by atoms with Gasteiger partial charge in [-0.3, -0.25) is 4.72 Å². The van der Waals surface area contributed by atoms with E-state index in [0.717, 1.165) is 17.4 Å². The third-order valence-corrected chi connectivity index (χ3v) is 3.50. The third-order valence-electron chi connectivity index (χ3n) is 2.90. The van der Waals surface area contributed by atoms with Crippen molar-refractivity contribution in [2.24, 2.45) is 0 Å². The number of rotatable bonds is 5. The summed E-state index contributed by atoms with van der Waals surface area (Å²) >= 11 is 0. The van der Waals surface area contributed by atoms with Crippen molar-refractivity contribution in [3.63, 3.8) is 0 Å². The lowest BCUT2D eigenvalue weighted by Crippen LogP contribution is -2.09. The van der Waals surface area contributed by atoms with Crippen LogP contribution in [-0.4, -0.2) is 27.2 Å². The van der Waals surface area contributed by atoms with Crippen LogP contribution in [0.15, 0.2) is 48.5 Å². The van der Waals surface area contributed by atoms with Crippen LogP contribution >= 0.6 is 0 Å². The van der Waals surface area contributed by atoms with Gasteiger partial charge in [-0.15, -0.1) is 0 Å². The van der Waals surface area contributed by atoms with Crippen LogP contribution in [0.2, 0.25) is 0 Å². The molecule has 22 heavy (non-hydrogen) atoms. The largest absolute Gasteiger partial charge is 0.462 e. The number of sulfonamides is 1. The Hall–Kier alpha value is -2.34. The Bertz CT molecular complexity index is 767. The number of carbonyl (C=O) groups is 1. The highest BCUT2D eigenvalue weighted by atomic mass is 32.2. The molecule has 0 saturated carbocycles. The topological polar surface area (TPSA) is 72.5 Å². The summed E-state index contributed by atoms with van der Waals surface area (Å²) in [5.74, 6) is -0.360.